The van der Waals surface area contributed by atoms with Crippen LogP contribution in [0.25, 0.3) is 22.2 Å². The molecule has 1 heterocycles. The SMILES string of the molecule is Cc1ccccc1-c1ccc2[nH]c(=O)oc2c1. The molecule has 0 aliphatic rings. The van der Waals surface area contributed by atoms with E-state index in [1.54, 1.807) is 0 Å². The van der Waals surface area contributed by atoms with Gasteiger partial charge < -0.3 is 4.42 Å². The van der Waals surface area contributed by atoms with Crippen molar-refractivity contribution in [1.82, 2.24) is 4.98 Å². The fourth-order valence-corrected chi connectivity index (χ4v) is 2.01. The molecule has 17 heavy (non-hydrogen) atoms. The Bertz CT molecular complexity index is 737. The molecule has 0 amide bonds. The van der Waals surface area contributed by atoms with Crippen LogP contribution < -0.4 is 5.76 Å². The Kier molecular flexibility index (Phi) is 2.11. The highest BCUT2D eigenvalue weighted by molar-refractivity contribution is 5.80. The minimum Gasteiger partial charge on any atom is -0.408 e. The second-order valence-corrected chi connectivity index (χ2v) is 4.04. The molecular formula is C14H11NO2. The predicted molar refractivity (Wildman–Crippen MR) is 67.0 cm³/mol. The summed E-state index contributed by atoms with van der Waals surface area (Å²) in [5, 5.41) is 0. The molecular weight excluding hydrogens is 214 g/mol. The number of H-pyrrole nitrogens is 1. The van der Waals surface area contributed by atoms with Gasteiger partial charge in [-0.1, -0.05) is 30.3 Å². The number of aryl methyl sites for hydroxylation is 1. The van der Waals surface area contributed by atoms with E-state index < -0.39 is 5.76 Å². The van der Waals surface area contributed by atoms with Gasteiger partial charge in [-0.3, -0.25) is 4.98 Å². The quantitative estimate of drug-likeness (QED) is 0.691. The molecule has 0 saturated heterocycles. The molecule has 1 aromatic heterocycles. The van der Waals surface area contributed by atoms with Gasteiger partial charge in [-0.2, -0.15) is 0 Å². The lowest BCUT2D eigenvalue weighted by Crippen LogP contribution is -1.92. The second kappa shape index (κ2) is 3.63. The number of benzene rings is 2. The van der Waals surface area contributed by atoms with Gasteiger partial charge in [-0.25, -0.2) is 4.79 Å². The highest BCUT2D eigenvalue weighted by Gasteiger charge is 2.05. The Balaban J connectivity index is 2.24. The molecule has 0 unspecified atom stereocenters. The van der Waals surface area contributed by atoms with Crippen LogP contribution in [0.4, 0.5) is 0 Å². The number of aromatic amines is 1. The van der Waals surface area contributed by atoms with E-state index in [1.165, 1.54) is 5.56 Å². The Hall–Kier alpha value is -2.29. The van der Waals surface area contributed by atoms with Crippen molar-refractivity contribution in [3.05, 3.63) is 58.6 Å². The minimum absolute atomic E-state index is 0.415. The maximum Gasteiger partial charge on any atom is 0.417 e. The second-order valence-electron chi connectivity index (χ2n) is 4.04. The zero-order valence-corrected chi connectivity index (χ0v) is 9.36. The molecule has 3 heteroatoms. The third kappa shape index (κ3) is 1.65. The largest absolute Gasteiger partial charge is 0.417 e. The number of aromatic nitrogens is 1. The lowest BCUT2D eigenvalue weighted by atomic mass is 10.0. The molecule has 0 saturated carbocycles. The summed E-state index contributed by atoms with van der Waals surface area (Å²) in [7, 11) is 0. The molecule has 0 fully saturated rings. The fourth-order valence-electron chi connectivity index (χ4n) is 2.01. The van der Waals surface area contributed by atoms with Gasteiger partial charge in [-0.15, -0.1) is 0 Å². The molecule has 3 aromatic rings. The number of rotatable bonds is 1. The van der Waals surface area contributed by atoms with E-state index in [9.17, 15) is 4.79 Å². The van der Waals surface area contributed by atoms with Crippen LogP contribution in [0.15, 0.2) is 51.7 Å². The van der Waals surface area contributed by atoms with E-state index in [0.29, 0.717) is 5.58 Å². The van der Waals surface area contributed by atoms with Crippen molar-refractivity contribution in [3.63, 3.8) is 0 Å². The standard InChI is InChI=1S/C14H11NO2/c1-9-4-2-3-5-11(9)10-6-7-12-13(8-10)17-14(16)15-12/h2-8H,1H3,(H,15,16). The average Bonchev–Trinajstić information content (AvgIpc) is 2.68. The summed E-state index contributed by atoms with van der Waals surface area (Å²) >= 11 is 0. The van der Waals surface area contributed by atoms with Crippen molar-refractivity contribution in [3.8, 4) is 11.1 Å². The van der Waals surface area contributed by atoms with Crippen LogP contribution in [-0.4, -0.2) is 4.98 Å². The Morgan fingerprint density at radius 1 is 1.12 bits per heavy atom. The number of nitrogens with one attached hydrogen (secondary N) is 1. The zero-order chi connectivity index (χ0) is 11.8. The van der Waals surface area contributed by atoms with Crippen LogP contribution in [-0.2, 0) is 0 Å². The number of oxazole rings is 1. The number of hydrogen-bond acceptors (Lipinski definition) is 2. The van der Waals surface area contributed by atoms with Crippen LogP contribution in [0.2, 0.25) is 0 Å². The molecule has 3 rings (SSSR count). The summed E-state index contributed by atoms with van der Waals surface area (Å²) in [6.45, 7) is 2.06. The molecule has 0 aliphatic heterocycles. The number of hydrogen-bond donors (Lipinski definition) is 1. The lowest BCUT2D eigenvalue weighted by molar-refractivity contribution is 0.555. The van der Waals surface area contributed by atoms with Crippen LogP contribution in [0.1, 0.15) is 5.56 Å². The van der Waals surface area contributed by atoms with Crippen molar-refractivity contribution in [2.75, 3.05) is 0 Å². The summed E-state index contributed by atoms with van der Waals surface area (Å²) < 4.78 is 5.06. The molecule has 0 aliphatic carbocycles. The van der Waals surface area contributed by atoms with Gasteiger partial charge in [-0.05, 0) is 35.7 Å². The molecule has 2 aromatic carbocycles. The van der Waals surface area contributed by atoms with Crippen molar-refractivity contribution in [2.45, 2.75) is 6.92 Å². The van der Waals surface area contributed by atoms with Crippen LogP contribution >= 0.6 is 0 Å². The van der Waals surface area contributed by atoms with Gasteiger partial charge in [0.1, 0.15) is 0 Å². The highest BCUT2D eigenvalue weighted by Crippen LogP contribution is 2.25. The molecule has 0 atom stereocenters. The molecule has 84 valence electrons. The Morgan fingerprint density at radius 2 is 1.94 bits per heavy atom. The summed E-state index contributed by atoms with van der Waals surface area (Å²) in [6, 6.07) is 13.9. The minimum atomic E-state index is -0.415. The summed E-state index contributed by atoms with van der Waals surface area (Å²) in [5.74, 6) is -0.415. The summed E-state index contributed by atoms with van der Waals surface area (Å²) in [4.78, 5) is 13.7. The monoisotopic (exact) mass is 225 g/mol. The van der Waals surface area contributed by atoms with E-state index >= 15 is 0 Å². The highest BCUT2D eigenvalue weighted by atomic mass is 16.4. The third-order valence-corrected chi connectivity index (χ3v) is 2.88. The average molecular weight is 225 g/mol. The van der Waals surface area contributed by atoms with Gasteiger partial charge in [0.2, 0.25) is 0 Å². The van der Waals surface area contributed by atoms with E-state index in [0.717, 1.165) is 16.6 Å². The van der Waals surface area contributed by atoms with Crippen molar-refractivity contribution in [1.29, 1.82) is 0 Å². The first-order valence-electron chi connectivity index (χ1n) is 5.43. The van der Waals surface area contributed by atoms with Crippen molar-refractivity contribution in [2.24, 2.45) is 0 Å². The fraction of sp³-hybridized carbons (Fsp3) is 0.0714. The molecule has 0 bridgehead atoms. The topological polar surface area (TPSA) is 46.0 Å². The van der Waals surface area contributed by atoms with Crippen LogP contribution in [0, 0.1) is 6.92 Å². The first-order valence-corrected chi connectivity index (χ1v) is 5.43. The van der Waals surface area contributed by atoms with Crippen molar-refractivity contribution >= 4 is 11.1 Å². The van der Waals surface area contributed by atoms with E-state index in [2.05, 4.69) is 24.0 Å². The van der Waals surface area contributed by atoms with Crippen LogP contribution in [0.5, 0.6) is 0 Å². The Labute approximate surface area is 97.7 Å². The first kappa shape index (κ1) is 9.90. The van der Waals surface area contributed by atoms with E-state index in [-0.39, 0.29) is 0 Å². The predicted octanol–water partition coefficient (Wildman–Crippen LogP) is 3.10. The number of fused-ring (bicyclic) bond motifs is 1. The Morgan fingerprint density at radius 3 is 2.76 bits per heavy atom. The van der Waals surface area contributed by atoms with Crippen LogP contribution in [0.3, 0.4) is 0 Å². The van der Waals surface area contributed by atoms with Gasteiger partial charge in [0.25, 0.3) is 0 Å². The summed E-state index contributed by atoms with van der Waals surface area (Å²) in [6.07, 6.45) is 0. The molecule has 1 N–H and O–H groups in total. The van der Waals surface area contributed by atoms with E-state index in [4.69, 9.17) is 4.42 Å². The maximum absolute atomic E-state index is 11.1. The summed E-state index contributed by atoms with van der Waals surface area (Å²) in [5.41, 5.74) is 4.73. The van der Waals surface area contributed by atoms with Gasteiger partial charge in [0, 0.05) is 0 Å². The maximum atomic E-state index is 11.1. The normalized spacial score (nSPS) is 10.9. The molecule has 0 radical (unpaired) electrons. The molecule has 0 spiro atoms. The van der Waals surface area contributed by atoms with Crippen molar-refractivity contribution < 1.29 is 4.42 Å². The van der Waals surface area contributed by atoms with Gasteiger partial charge >= 0.3 is 5.76 Å². The molecule has 3 nitrogen and oxygen atoms in total. The smallest absolute Gasteiger partial charge is 0.408 e. The van der Waals surface area contributed by atoms with Gasteiger partial charge in [0.05, 0.1) is 5.52 Å². The zero-order valence-electron chi connectivity index (χ0n) is 9.36. The first-order chi connectivity index (χ1) is 8.24. The van der Waals surface area contributed by atoms with Gasteiger partial charge in [0.15, 0.2) is 5.58 Å². The lowest BCUT2D eigenvalue weighted by Gasteiger charge is -2.04. The third-order valence-electron chi connectivity index (χ3n) is 2.88. The van der Waals surface area contributed by atoms with E-state index in [1.807, 2.05) is 30.3 Å².